The number of hydrogen-bond acceptors (Lipinski definition) is 7. The summed E-state index contributed by atoms with van der Waals surface area (Å²) >= 11 is 0. The van der Waals surface area contributed by atoms with Gasteiger partial charge in [0.05, 0.1) is 5.41 Å². The lowest BCUT2D eigenvalue weighted by Gasteiger charge is -2.53. The second kappa shape index (κ2) is 19.6. The number of nitrogens with one attached hydrogen (secondary N) is 2. The van der Waals surface area contributed by atoms with Gasteiger partial charge in [0.15, 0.2) is 0 Å². The van der Waals surface area contributed by atoms with Gasteiger partial charge in [-0.25, -0.2) is 14.4 Å². The summed E-state index contributed by atoms with van der Waals surface area (Å²) in [6, 6.07) is 5.88. The smallest absolute Gasteiger partial charge is 0.481 e. The number of halogens is 6. The van der Waals surface area contributed by atoms with Gasteiger partial charge < -0.3 is 36.4 Å². The average Bonchev–Trinajstić information content (AvgIpc) is 2.99. The van der Waals surface area contributed by atoms with Crippen LogP contribution >= 0.6 is 0 Å². The van der Waals surface area contributed by atoms with Gasteiger partial charge in [-0.05, 0) is 106 Å². The van der Waals surface area contributed by atoms with Crippen LogP contribution in [0.5, 0.6) is 5.75 Å². The molecule has 17 heteroatoms. The van der Waals surface area contributed by atoms with Crippen molar-refractivity contribution in [3.8, 4) is 5.75 Å². The van der Waals surface area contributed by atoms with Crippen molar-refractivity contribution in [3.05, 3.63) is 29.3 Å². The van der Waals surface area contributed by atoms with E-state index in [1.807, 2.05) is 25.1 Å². The van der Waals surface area contributed by atoms with Gasteiger partial charge in [-0.3, -0.25) is 4.79 Å². The third-order valence-electron chi connectivity index (χ3n) is 8.87. The van der Waals surface area contributed by atoms with Gasteiger partial charge in [0, 0.05) is 6.54 Å². The Balaban J connectivity index is 0.000000717. The minimum absolute atomic E-state index is 0.0799. The Labute approximate surface area is 280 Å². The maximum Gasteiger partial charge on any atom is 0.490 e. The number of hydrogen-bond donors (Lipinski definition) is 6. The Morgan fingerprint density at radius 1 is 0.857 bits per heavy atom. The number of aliphatic carboxylic acids is 3. The minimum atomic E-state index is -5.08. The van der Waals surface area contributed by atoms with Crippen LogP contribution in [0.1, 0.15) is 89.2 Å². The highest BCUT2D eigenvalue weighted by atomic mass is 19.4. The molecule has 0 heterocycles. The number of carboxylic acid groups (broad SMARTS) is 3. The van der Waals surface area contributed by atoms with Crippen LogP contribution in [0, 0.1) is 11.3 Å². The number of unbranched alkanes of at least 4 members (excludes halogenated alkanes) is 4. The number of carbonyl (C=O) groups excluding carboxylic acids is 1. The molecule has 1 fully saturated rings. The minimum Gasteiger partial charge on any atom is -0.481 e. The Kier molecular flexibility index (Phi) is 17.3. The maximum atomic E-state index is 12.4. The number of aryl methyl sites for hydroxylation is 1. The van der Waals surface area contributed by atoms with Crippen LogP contribution in [0.25, 0.3) is 0 Å². The molecular formula is C32H47F6N3O8. The Hall–Kier alpha value is -3.60. The van der Waals surface area contributed by atoms with Crippen molar-refractivity contribution in [1.82, 2.24) is 10.6 Å². The predicted molar refractivity (Wildman–Crippen MR) is 166 cm³/mol. The Morgan fingerprint density at radius 3 is 1.96 bits per heavy atom. The number of ether oxygens (including phenoxy) is 1. The lowest BCUT2D eigenvalue weighted by molar-refractivity contribution is -0.193. The van der Waals surface area contributed by atoms with E-state index in [0.29, 0.717) is 12.3 Å². The second-order valence-corrected chi connectivity index (χ2v) is 12.5. The lowest BCUT2D eigenvalue weighted by Crippen LogP contribution is -2.52. The van der Waals surface area contributed by atoms with E-state index in [1.165, 1.54) is 31.2 Å². The number of fused-ring (bicyclic) bond motifs is 3. The van der Waals surface area contributed by atoms with Crippen molar-refractivity contribution in [3.63, 3.8) is 0 Å². The van der Waals surface area contributed by atoms with Crippen molar-refractivity contribution in [2.75, 3.05) is 26.2 Å². The van der Waals surface area contributed by atoms with E-state index >= 15 is 0 Å². The van der Waals surface area contributed by atoms with Crippen LogP contribution in [-0.2, 0) is 26.2 Å². The van der Waals surface area contributed by atoms with Gasteiger partial charge in [-0.15, -0.1) is 0 Å². The van der Waals surface area contributed by atoms with Crippen LogP contribution in [0.2, 0.25) is 0 Å². The number of amides is 1. The molecule has 49 heavy (non-hydrogen) atoms. The van der Waals surface area contributed by atoms with E-state index in [1.54, 1.807) is 0 Å². The number of rotatable bonds is 13. The highest BCUT2D eigenvalue weighted by Crippen LogP contribution is 2.57. The third-order valence-corrected chi connectivity index (χ3v) is 8.87. The molecule has 0 unspecified atom stereocenters. The fourth-order valence-electron chi connectivity index (χ4n) is 6.36. The molecule has 1 aromatic carbocycles. The molecule has 1 amide bonds. The van der Waals surface area contributed by atoms with Crippen LogP contribution in [-0.4, -0.2) is 77.9 Å². The van der Waals surface area contributed by atoms with Gasteiger partial charge in [0.25, 0.3) is 0 Å². The normalized spacial score (nSPS) is 21.4. The number of benzene rings is 1. The summed E-state index contributed by atoms with van der Waals surface area (Å²) in [6.07, 6.45) is 0.541. The van der Waals surface area contributed by atoms with Gasteiger partial charge in [0.1, 0.15) is 5.75 Å². The fourth-order valence-corrected chi connectivity index (χ4v) is 6.36. The maximum absolute atomic E-state index is 12.4. The fraction of sp³-hybridized carbons (Fsp3) is 0.688. The summed E-state index contributed by atoms with van der Waals surface area (Å²) in [6.45, 7) is 7.32. The number of nitrogens with two attached hydrogens (primary N) is 1. The molecule has 1 saturated carbocycles. The van der Waals surface area contributed by atoms with Gasteiger partial charge in [-0.2, -0.15) is 26.3 Å². The van der Waals surface area contributed by atoms with Crippen LogP contribution in [0.4, 0.5) is 31.1 Å². The molecule has 280 valence electrons. The van der Waals surface area contributed by atoms with Crippen LogP contribution < -0.4 is 21.1 Å². The Morgan fingerprint density at radius 2 is 1.41 bits per heavy atom. The van der Waals surface area contributed by atoms with Crippen molar-refractivity contribution in [2.24, 2.45) is 17.1 Å². The summed E-state index contributed by atoms with van der Waals surface area (Å²) in [5, 5.41) is 30.5. The van der Waals surface area contributed by atoms with E-state index in [2.05, 4.69) is 17.6 Å². The van der Waals surface area contributed by atoms with Crippen molar-refractivity contribution in [2.45, 2.75) is 102 Å². The largest absolute Gasteiger partial charge is 0.490 e. The molecule has 0 aromatic heterocycles. The first-order valence-corrected chi connectivity index (χ1v) is 16.0. The molecule has 11 nitrogen and oxygen atoms in total. The molecule has 0 saturated heterocycles. The molecule has 0 spiro atoms. The standard InChI is InChI=1S/C28H45N3O4.2C2HF3O2/c1-27-14-8-15-28(2,25(32)33)24(27)13-11-21-10-12-22(20-23(21)27)35-26(34)31-19-9-18-30-17-7-5-3-4-6-16-29;2*3-2(4,5)1(6)7/h10,12,20,24,30H,3-9,11,13-19,29H2,1-2H3,(H,31,34)(H,32,33);2*(H,6,7)/t24-,27-,28+;;/m1../s1. The SMILES string of the molecule is C[C@]1(C(=O)O)CCC[C@]2(C)c3cc(OC(=O)NCCCNCCCCCCCN)ccc3CC[C@@H]12.O=C(O)C(F)(F)F.O=C(O)C(F)(F)F. The summed E-state index contributed by atoms with van der Waals surface area (Å²) < 4.78 is 69.1. The number of carbonyl (C=O) groups is 4. The van der Waals surface area contributed by atoms with E-state index < -0.39 is 41.8 Å². The quantitative estimate of drug-likeness (QED) is 0.104. The monoisotopic (exact) mass is 715 g/mol. The first-order valence-electron chi connectivity index (χ1n) is 16.0. The summed E-state index contributed by atoms with van der Waals surface area (Å²) in [5.74, 6) is -5.60. The highest BCUT2D eigenvalue weighted by Gasteiger charge is 2.55. The molecule has 2 aliphatic rings. The summed E-state index contributed by atoms with van der Waals surface area (Å²) in [4.78, 5) is 42.3. The van der Waals surface area contributed by atoms with Crippen LogP contribution in [0.3, 0.4) is 0 Å². The zero-order valence-corrected chi connectivity index (χ0v) is 27.6. The molecule has 0 bridgehead atoms. The van der Waals surface area contributed by atoms with E-state index in [4.69, 9.17) is 30.3 Å². The summed E-state index contributed by atoms with van der Waals surface area (Å²) in [7, 11) is 0. The van der Waals surface area contributed by atoms with E-state index in [9.17, 15) is 41.0 Å². The molecule has 1 aromatic rings. The van der Waals surface area contributed by atoms with Gasteiger partial charge >= 0.3 is 36.4 Å². The first-order chi connectivity index (χ1) is 22.7. The highest BCUT2D eigenvalue weighted by molar-refractivity contribution is 5.76. The zero-order valence-electron chi connectivity index (χ0n) is 27.6. The van der Waals surface area contributed by atoms with E-state index in [0.717, 1.165) is 70.1 Å². The zero-order chi connectivity index (χ0) is 37.5. The van der Waals surface area contributed by atoms with Gasteiger partial charge in [-0.1, -0.05) is 38.7 Å². The molecular weight excluding hydrogens is 668 g/mol. The van der Waals surface area contributed by atoms with Crippen LogP contribution in [0.15, 0.2) is 18.2 Å². The molecule has 0 radical (unpaired) electrons. The summed E-state index contributed by atoms with van der Waals surface area (Å²) in [5.41, 5.74) is 6.98. The van der Waals surface area contributed by atoms with Crippen molar-refractivity contribution < 1.29 is 65.6 Å². The molecule has 2 aliphatic carbocycles. The molecule has 0 aliphatic heterocycles. The van der Waals surface area contributed by atoms with E-state index in [-0.39, 0.29) is 11.3 Å². The van der Waals surface area contributed by atoms with Crippen molar-refractivity contribution >= 4 is 24.0 Å². The molecule has 3 rings (SSSR count). The third kappa shape index (κ3) is 14.0. The number of carboxylic acids is 3. The molecule has 3 atom stereocenters. The van der Waals surface area contributed by atoms with Gasteiger partial charge in [0.2, 0.25) is 0 Å². The van der Waals surface area contributed by atoms with Crippen molar-refractivity contribution in [1.29, 1.82) is 0 Å². The first kappa shape index (κ1) is 43.4. The topological polar surface area (TPSA) is 188 Å². The average molecular weight is 716 g/mol. The Bertz CT molecular complexity index is 1220. The predicted octanol–water partition coefficient (Wildman–Crippen LogP) is 6.03. The number of alkyl halides is 6. The lowest BCUT2D eigenvalue weighted by atomic mass is 9.50. The second-order valence-electron chi connectivity index (χ2n) is 12.5. The molecule has 7 N–H and O–H groups in total.